The van der Waals surface area contributed by atoms with Crippen LogP contribution >= 0.6 is 11.8 Å². The Bertz CT molecular complexity index is 2130. The number of aromatic nitrogens is 1. The van der Waals surface area contributed by atoms with Crippen molar-refractivity contribution in [2.24, 2.45) is 5.92 Å². The largest absolute Gasteiger partial charge is 0.368 e. The average molecular weight is 848 g/mol. The van der Waals surface area contributed by atoms with Gasteiger partial charge in [-0.05, 0) is 104 Å². The molecule has 14 nitrogen and oxygen atoms in total. The Balaban J connectivity index is 0.761. The van der Waals surface area contributed by atoms with Crippen LogP contribution in [0.15, 0.2) is 78.0 Å². The van der Waals surface area contributed by atoms with E-state index in [0.717, 1.165) is 67.8 Å². The number of thioether (sulfide) groups is 1. The van der Waals surface area contributed by atoms with E-state index in [2.05, 4.69) is 20.5 Å². The van der Waals surface area contributed by atoms with Crippen LogP contribution in [0, 0.1) is 5.92 Å². The summed E-state index contributed by atoms with van der Waals surface area (Å²) >= 11 is 1.46. The van der Waals surface area contributed by atoms with Gasteiger partial charge in [-0.3, -0.25) is 48.8 Å². The molecule has 2 N–H and O–H groups in total. The number of pyridine rings is 1. The van der Waals surface area contributed by atoms with Gasteiger partial charge in [-0.15, -0.1) is 11.8 Å². The van der Waals surface area contributed by atoms with Crippen molar-refractivity contribution in [2.75, 3.05) is 56.5 Å². The van der Waals surface area contributed by atoms with Crippen LogP contribution in [0.1, 0.15) is 101 Å². The molecule has 0 spiro atoms. The van der Waals surface area contributed by atoms with E-state index >= 15 is 0 Å². The summed E-state index contributed by atoms with van der Waals surface area (Å²) in [6, 6.07) is 15.7. The van der Waals surface area contributed by atoms with Crippen LogP contribution in [0.2, 0.25) is 0 Å². The number of hydrogen-bond donors (Lipinski definition) is 2. The normalized spacial score (nSPS) is 18.5. The second kappa shape index (κ2) is 20.6. The van der Waals surface area contributed by atoms with Crippen LogP contribution in [-0.4, -0.2) is 119 Å². The molecule has 0 bridgehead atoms. The number of hydrogen-bond acceptors (Lipinski definition) is 10. The molecule has 320 valence electrons. The Labute approximate surface area is 360 Å². The SMILES string of the molecule is O=C(/C=C/c1cccnc1)NCCCCC1CCN(C(=O)c2ccc(N3CCN(C(=O)CCCCSc4cccc5c4C(=O)N(C4CCC(=O)NC4=O)C5=O)CC3)cc2)CC1. The predicted octanol–water partition coefficient (Wildman–Crippen LogP) is 4.95. The summed E-state index contributed by atoms with van der Waals surface area (Å²) in [6.45, 7) is 4.81. The van der Waals surface area contributed by atoms with E-state index in [1.54, 1.807) is 36.7 Å². The monoisotopic (exact) mass is 847 g/mol. The van der Waals surface area contributed by atoms with E-state index in [4.69, 9.17) is 0 Å². The molecular weight excluding hydrogens is 795 g/mol. The maximum Gasteiger partial charge on any atom is 0.263 e. The number of likely N-dealkylation sites (tertiary alicyclic amines) is 1. The first-order valence-electron chi connectivity index (χ1n) is 21.4. The number of rotatable bonds is 16. The Kier molecular flexibility index (Phi) is 14.6. The maximum absolute atomic E-state index is 13.4. The minimum Gasteiger partial charge on any atom is -0.368 e. The summed E-state index contributed by atoms with van der Waals surface area (Å²) in [5.41, 5.74) is 3.17. The molecule has 2 aromatic carbocycles. The first-order valence-corrected chi connectivity index (χ1v) is 22.4. The number of nitrogens with one attached hydrogen (secondary N) is 2. The molecule has 5 heterocycles. The van der Waals surface area contributed by atoms with Gasteiger partial charge in [-0.25, -0.2) is 0 Å². The molecule has 1 atom stereocenters. The predicted molar refractivity (Wildman–Crippen MR) is 232 cm³/mol. The average Bonchev–Trinajstić information content (AvgIpc) is 3.54. The van der Waals surface area contributed by atoms with E-state index in [1.165, 1.54) is 17.8 Å². The third-order valence-electron chi connectivity index (χ3n) is 11.9. The number of unbranched alkanes of at least 4 members (excludes halogenated alkanes) is 2. The van der Waals surface area contributed by atoms with Crippen molar-refractivity contribution in [3.63, 3.8) is 0 Å². The molecule has 0 radical (unpaired) electrons. The molecule has 15 heteroatoms. The van der Waals surface area contributed by atoms with Gasteiger partial charge in [0.05, 0.1) is 11.1 Å². The number of benzene rings is 2. The number of nitrogens with zero attached hydrogens (tertiary/aromatic N) is 5. The van der Waals surface area contributed by atoms with Gasteiger partial charge in [0, 0.05) is 93.3 Å². The highest BCUT2D eigenvalue weighted by Gasteiger charge is 2.45. The van der Waals surface area contributed by atoms with E-state index in [1.807, 2.05) is 46.2 Å². The van der Waals surface area contributed by atoms with E-state index < -0.39 is 29.7 Å². The lowest BCUT2D eigenvalue weighted by molar-refractivity contribution is -0.136. The molecule has 4 aliphatic heterocycles. The fraction of sp³-hybridized carbons (Fsp3) is 0.435. The van der Waals surface area contributed by atoms with Crippen molar-refractivity contribution in [3.8, 4) is 0 Å². The lowest BCUT2D eigenvalue weighted by Gasteiger charge is -2.36. The maximum atomic E-state index is 13.4. The molecule has 1 aromatic heterocycles. The van der Waals surface area contributed by atoms with Crippen LogP contribution in [0.3, 0.4) is 0 Å². The second-order valence-electron chi connectivity index (χ2n) is 16.0. The highest BCUT2D eigenvalue weighted by atomic mass is 32.2. The van der Waals surface area contributed by atoms with Gasteiger partial charge in [0.25, 0.3) is 17.7 Å². The minimum atomic E-state index is -1.00. The zero-order chi connectivity index (χ0) is 42.7. The van der Waals surface area contributed by atoms with Gasteiger partial charge >= 0.3 is 0 Å². The van der Waals surface area contributed by atoms with Gasteiger partial charge in [0.1, 0.15) is 6.04 Å². The second-order valence-corrected chi connectivity index (χ2v) is 17.1. The smallest absolute Gasteiger partial charge is 0.263 e. The zero-order valence-corrected chi connectivity index (χ0v) is 35.2. The standard InChI is InChI=1S/C46H53N7O7S/c54-39(18-12-33-8-6-22-47-31-33)48-23-3-1-7-32-20-24-52(25-21-32)44(58)34-13-15-35(16-14-34)50-26-28-51(29-27-50)41(56)11-2-4-30-61-38-10-5-9-36-42(38)46(60)53(45(36)59)37-17-19-40(55)49-43(37)57/h5-6,8-10,12-16,18,22,31-32,37H,1-4,7,11,17,19-21,23-30H2,(H,48,54)(H,49,55,57)/b18-12+. The summed E-state index contributed by atoms with van der Waals surface area (Å²) in [5.74, 6) is -0.756. The van der Waals surface area contributed by atoms with E-state index in [-0.39, 0.29) is 36.1 Å². The fourth-order valence-electron chi connectivity index (χ4n) is 8.43. The van der Waals surface area contributed by atoms with Gasteiger partial charge in [-0.1, -0.05) is 25.0 Å². The first kappa shape index (κ1) is 43.3. The molecule has 0 saturated carbocycles. The van der Waals surface area contributed by atoms with Crippen molar-refractivity contribution >= 4 is 64.9 Å². The lowest BCUT2D eigenvalue weighted by atomic mass is 9.91. The van der Waals surface area contributed by atoms with Crippen LogP contribution in [0.25, 0.3) is 6.08 Å². The summed E-state index contributed by atoms with van der Waals surface area (Å²) in [6.07, 6.45) is 13.8. The number of carbonyl (C=O) groups excluding carboxylic acids is 7. The van der Waals surface area contributed by atoms with Crippen LogP contribution in [-0.2, 0) is 19.2 Å². The summed E-state index contributed by atoms with van der Waals surface area (Å²) in [4.78, 5) is 101. The molecule has 61 heavy (non-hydrogen) atoms. The van der Waals surface area contributed by atoms with E-state index in [0.29, 0.717) is 73.3 Å². The molecule has 1 unspecified atom stereocenters. The quantitative estimate of drug-likeness (QED) is 0.0872. The number of anilines is 1. The Morgan fingerprint density at radius 3 is 2.34 bits per heavy atom. The van der Waals surface area contributed by atoms with Crippen molar-refractivity contribution in [3.05, 3.63) is 95.3 Å². The Hall–Kier alpha value is -5.83. The Morgan fingerprint density at radius 2 is 1.61 bits per heavy atom. The number of amides is 7. The van der Waals surface area contributed by atoms with Crippen molar-refractivity contribution in [1.82, 2.24) is 30.3 Å². The number of fused-ring (bicyclic) bond motifs is 1. The van der Waals surface area contributed by atoms with Crippen LogP contribution in [0.5, 0.6) is 0 Å². The molecule has 7 amide bonds. The lowest BCUT2D eigenvalue weighted by Crippen LogP contribution is -2.54. The van der Waals surface area contributed by atoms with Gasteiger partial charge in [0.15, 0.2) is 0 Å². The zero-order valence-electron chi connectivity index (χ0n) is 34.4. The molecule has 0 aliphatic carbocycles. The molecule has 4 aliphatic rings. The van der Waals surface area contributed by atoms with Crippen molar-refractivity contribution in [1.29, 1.82) is 0 Å². The highest BCUT2D eigenvalue weighted by Crippen LogP contribution is 2.35. The fourth-order valence-corrected chi connectivity index (χ4v) is 9.52. The van der Waals surface area contributed by atoms with Crippen LogP contribution < -0.4 is 15.5 Å². The third kappa shape index (κ3) is 10.9. The number of piperazine rings is 1. The molecule has 3 saturated heterocycles. The minimum absolute atomic E-state index is 0.0635. The molecule has 3 fully saturated rings. The molecule has 7 rings (SSSR count). The topological polar surface area (TPSA) is 169 Å². The highest BCUT2D eigenvalue weighted by molar-refractivity contribution is 7.99. The number of carbonyl (C=O) groups is 7. The van der Waals surface area contributed by atoms with Crippen LogP contribution in [0.4, 0.5) is 5.69 Å². The molecule has 3 aromatic rings. The van der Waals surface area contributed by atoms with Gasteiger partial charge < -0.3 is 20.0 Å². The number of imide groups is 2. The first-order chi connectivity index (χ1) is 29.7. The van der Waals surface area contributed by atoms with Gasteiger partial charge in [-0.2, -0.15) is 0 Å². The van der Waals surface area contributed by atoms with Crippen molar-refractivity contribution in [2.45, 2.75) is 75.1 Å². The summed E-state index contributed by atoms with van der Waals surface area (Å²) < 4.78 is 0. The third-order valence-corrected chi connectivity index (χ3v) is 13.1. The van der Waals surface area contributed by atoms with Gasteiger partial charge in [0.2, 0.25) is 23.6 Å². The summed E-state index contributed by atoms with van der Waals surface area (Å²) in [5, 5.41) is 5.17. The van der Waals surface area contributed by atoms with E-state index in [9.17, 15) is 33.6 Å². The van der Waals surface area contributed by atoms with Crippen molar-refractivity contribution < 1.29 is 33.6 Å². The number of piperidine rings is 2. The molecular formula is C46H53N7O7S. The Morgan fingerprint density at radius 1 is 0.820 bits per heavy atom. The summed E-state index contributed by atoms with van der Waals surface area (Å²) in [7, 11) is 0.